The average molecular weight is 241 g/mol. The molecule has 0 saturated carbocycles. The van der Waals surface area contributed by atoms with E-state index in [0.29, 0.717) is 12.6 Å². The Labute approximate surface area is 102 Å². The van der Waals surface area contributed by atoms with Crippen molar-refractivity contribution in [3.05, 3.63) is 29.6 Å². The molecule has 1 aromatic rings. The molecule has 0 bridgehead atoms. The van der Waals surface area contributed by atoms with Crippen LogP contribution in [0.25, 0.3) is 0 Å². The zero-order valence-corrected chi connectivity index (χ0v) is 10.6. The fourth-order valence-corrected chi connectivity index (χ4v) is 1.72. The van der Waals surface area contributed by atoms with Gasteiger partial charge in [0, 0.05) is 13.2 Å². The van der Waals surface area contributed by atoms with Crippen LogP contribution < -0.4 is 10.1 Å². The van der Waals surface area contributed by atoms with Crippen LogP contribution in [-0.4, -0.2) is 33.9 Å². The second-order valence-corrected chi connectivity index (χ2v) is 3.95. The van der Waals surface area contributed by atoms with Crippen molar-refractivity contribution in [3.63, 3.8) is 0 Å². The second kappa shape index (κ2) is 7.25. The van der Waals surface area contributed by atoms with Crippen molar-refractivity contribution in [2.75, 3.05) is 27.9 Å². The highest BCUT2D eigenvalue weighted by molar-refractivity contribution is 5.29. The Morgan fingerprint density at radius 2 is 2.12 bits per heavy atom. The number of hydrogen-bond donors (Lipinski definition) is 1. The Morgan fingerprint density at radius 1 is 1.35 bits per heavy atom. The number of nitrogens with one attached hydrogen (secondary N) is 1. The molecule has 0 amide bonds. The molecular weight excluding hydrogens is 221 g/mol. The van der Waals surface area contributed by atoms with E-state index in [4.69, 9.17) is 9.47 Å². The van der Waals surface area contributed by atoms with Crippen molar-refractivity contribution < 1.29 is 13.9 Å². The molecule has 0 aliphatic rings. The van der Waals surface area contributed by atoms with Crippen LogP contribution in [0.5, 0.6) is 5.75 Å². The topological polar surface area (TPSA) is 30.5 Å². The number of benzene rings is 1. The van der Waals surface area contributed by atoms with E-state index in [1.807, 2.05) is 13.1 Å². The highest BCUT2D eigenvalue weighted by Crippen LogP contribution is 2.18. The van der Waals surface area contributed by atoms with Crippen LogP contribution in [0.3, 0.4) is 0 Å². The zero-order chi connectivity index (χ0) is 12.7. The summed E-state index contributed by atoms with van der Waals surface area (Å²) in [5, 5.41) is 3.17. The molecule has 0 aliphatic heterocycles. The van der Waals surface area contributed by atoms with Gasteiger partial charge in [-0.05, 0) is 37.6 Å². The van der Waals surface area contributed by atoms with Crippen LogP contribution in [-0.2, 0) is 11.2 Å². The van der Waals surface area contributed by atoms with E-state index < -0.39 is 0 Å². The molecule has 0 saturated heterocycles. The first-order chi connectivity index (χ1) is 8.21. The number of ether oxygens (including phenoxy) is 2. The van der Waals surface area contributed by atoms with Crippen LogP contribution in [0, 0.1) is 5.82 Å². The number of methoxy groups -OCH3 is 2. The summed E-state index contributed by atoms with van der Waals surface area (Å²) >= 11 is 0. The number of halogens is 1. The molecule has 0 heterocycles. The average Bonchev–Trinajstić information content (AvgIpc) is 2.34. The summed E-state index contributed by atoms with van der Waals surface area (Å²) < 4.78 is 23.4. The van der Waals surface area contributed by atoms with E-state index in [1.165, 1.54) is 13.2 Å². The number of rotatable bonds is 7. The summed E-state index contributed by atoms with van der Waals surface area (Å²) in [6, 6.07) is 5.37. The summed E-state index contributed by atoms with van der Waals surface area (Å²) in [5.41, 5.74) is 0.972. The van der Waals surface area contributed by atoms with Crippen molar-refractivity contribution in [2.45, 2.75) is 18.9 Å². The zero-order valence-electron chi connectivity index (χ0n) is 10.6. The first-order valence-corrected chi connectivity index (χ1v) is 5.70. The van der Waals surface area contributed by atoms with Crippen molar-refractivity contribution in [1.29, 1.82) is 0 Å². The third-order valence-corrected chi connectivity index (χ3v) is 2.77. The first kappa shape index (κ1) is 13.9. The predicted molar refractivity (Wildman–Crippen MR) is 66.0 cm³/mol. The molecule has 1 atom stereocenters. The maximum atomic E-state index is 13.4. The summed E-state index contributed by atoms with van der Waals surface area (Å²) in [4.78, 5) is 0. The molecule has 3 nitrogen and oxygen atoms in total. The van der Waals surface area contributed by atoms with Crippen molar-refractivity contribution >= 4 is 0 Å². The monoisotopic (exact) mass is 241 g/mol. The maximum Gasteiger partial charge on any atom is 0.165 e. The molecular formula is C13H20FNO2. The van der Waals surface area contributed by atoms with E-state index in [9.17, 15) is 4.39 Å². The summed E-state index contributed by atoms with van der Waals surface area (Å²) in [7, 11) is 5.05. The molecule has 1 aromatic carbocycles. The van der Waals surface area contributed by atoms with Gasteiger partial charge < -0.3 is 14.8 Å². The van der Waals surface area contributed by atoms with Gasteiger partial charge in [-0.25, -0.2) is 4.39 Å². The van der Waals surface area contributed by atoms with Gasteiger partial charge in [0.15, 0.2) is 11.6 Å². The maximum absolute atomic E-state index is 13.4. The largest absolute Gasteiger partial charge is 0.494 e. The molecule has 0 aliphatic carbocycles. The molecule has 0 aromatic heterocycles. The van der Waals surface area contributed by atoms with Crippen molar-refractivity contribution in [2.24, 2.45) is 0 Å². The van der Waals surface area contributed by atoms with Gasteiger partial charge in [0.2, 0.25) is 0 Å². The number of hydrogen-bond acceptors (Lipinski definition) is 3. The Morgan fingerprint density at radius 3 is 2.65 bits per heavy atom. The molecule has 0 spiro atoms. The Balaban J connectivity index is 2.54. The van der Waals surface area contributed by atoms with Gasteiger partial charge in [-0.3, -0.25) is 0 Å². The molecule has 17 heavy (non-hydrogen) atoms. The lowest BCUT2D eigenvalue weighted by molar-refractivity contribution is 0.166. The van der Waals surface area contributed by atoms with E-state index in [2.05, 4.69) is 5.32 Å². The summed E-state index contributed by atoms with van der Waals surface area (Å²) in [5.74, 6) is -0.0199. The third kappa shape index (κ3) is 4.32. The normalized spacial score (nSPS) is 12.5. The van der Waals surface area contributed by atoms with Gasteiger partial charge >= 0.3 is 0 Å². The van der Waals surface area contributed by atoms with Crippen LogP contribution in [0.1, 0.15) is 12.0 Å². The molecule has 1 rings (SSSR count). The van der Waals surface area contributed by atoms with Gasteiger partial charge in [0.1, 0.15) is 0 Å². The molecule has 1 N–H and O–H groups in total. The van der Waals surface area contributed by atoms with E-state index in [-0.39, 0.29) is 11.6 Å². The Bertz CT molecular complexity index is 344. The van der Waals surface area contributed by atoms with Gasteiger partial charge in [-0.1, -0.05) is 6.07 Å². The SMILES string of the molecule is CNC(CCc1ccc(OC)c(F)c1)COC. The second-order valence-electron chi connectivity index (χ2n) is 3.95. The van der Waals surface area contributed by atoms with E-state index >= 15 is 0 Å². The van der Waals surface area contributed by atoms with E-state index in [1.54, 1.807) is 13.2 Å². The lowest BCUT2D eigenvalue weighted by Gasteiger charge is -2.15. The van der Waals surface area contributed by atoms with Crippen LogP contribution in [0.4, 0.5) is 4.39 Å². The lowest BCUT2D eigenvalue weighted by Crippen LogP contribution is -2.30. The minimum Gasteiger partial charge on any atom is -0.494 e. The fraction of sp³-hybridized carbons (Fsp3) is 0.538. The third-order valence-electron chi connectivity index (χ3n) is 2.77. The molecule has 0 fully saturated rings. The molecule has 0 radical (unpaired) electrons. The molecule has 1 unspecified atom stereocenters. The highest BCUT2D eigenvalue weighted by Gasteiger charge is 2.07. The van der Waals surface area contributed by atoms with Gasteiger partial charge in [0.25, 0.3) is 0 Å². The van der Waals surface area contributed by atoms with Crippen molar-refractivity contribution in [1.82, 2.24) is 5.32 Å². The molecule has 96 valence electrons. The predicted octanol–water partition coefficient (Wildman–Crippen LogP) is 2.00. The quantitative estimate of drug-likeness (QED) is 0.792. The fourth-order valence-electron chi connectivity index (χ4n) is 1.72. The molecule has 4 heteroatoms. The summed E-state index contributed by atoms with van der Waals surface area (Å²) in [6.07, 6.45) is 1.73. The standard InChI is InChI=1S/C13H20FNO2/c1-15-11(9-16-2)6-4-10-5-7-13(17-3)12(14)8-10/h5,7-8,11,15H,4,6,9H2,1-3H3. The Kier molecular flexibility index (Phi) is 5.94. The van der Waals surface area contributed by atoms with Crippen LogP contribution >= 0.6 is 0 Å². The minimum atomic E-state index is -0.308. The lowest BCUT2D eigenvalue weighted by atomic mass is 10.1. The van der Waals surface area contributed by atoms with Crippen molar-refractivity contribution in [3.8, 4) is 5.75 Å². The van der Waals surface area contributed by atoms with Gasteiger partial charge in [-0.2, -0.15) is 0 Å². The first-order valence-electron chi connectivity index (χ1n) is 5.70. The smallest absolute Gasteiger partial charge is 0.165 e. The Hall–Kier alpha value is -1.13. The van der Waals surface area contributed by atoms with Crippen LogP contribution in [0.2, 0.25) is 0 Å². The van der Waals surface area contributed by atoms with Crippen LogP contribution in [0.15, 0.2) is 18.2 Å². The number of likely N-dealkylation sites (N-methyl/N-ethyl adjacent to an activating group) is 1. The minimum absolute atomic E-state index is 0.288. The van der Waals surface area contributed by atoms with Gasteiger partial charge in [-0.15, -0.1) is 0 Å². The highest BCUT2D eigenvalue weighted by atomic mass is 19.1. The van der Waals surface area contributed by atoms with Gasteiger partial charge in [0.05, 0.1) is 13.7 Å². The summed E-state index contributed by atoms with van der Waals surface area (Å²) in [6.45, 7) is 0.662. The number of aryl methyl sites for hydroxylation is 1. The van der Waals surface area contributed by atoms with E-state index in [0.717, 1.165) is 18.4 Å².